The summed E-state index contributed by atoms with van der Waals surface area (Å²) in [6.45, 7) is 3.20. The molecule has 7 heteroatoms. The summed E-state index contributed by atoms with van der Waals surface area (Å²) in [6.07, 6.45) is 2.73. The lowest BCUT2D eigenvalue weighted by Gasteiger charge is -2.28. The normalized spacial score (nSPS) is 23.1. The number of hydrogen-bond acceptors (Lipinski definition) is 5. The molecule has 2 aliphatic heterocycles. The highest BCUT2D eigenvalue weighted by atomic mass is 32.1. The Bertz CT molecular complexity index is 720. The Kier molecular flexibility index (Phi) is 4.20. The molecule has 0 unspecified atom stereocenters. The van der Waals surface area contributed by atoms with Crippen LogP contribution in [-0.4, -0.2) is 38.8 Å². The third kappa shape index (κ3) is 2.78. The third-order valence-electron chi connectivity index (χ3n) is 4.61. The first-order valence-electron chi connectivity index (χ1n) is 8.35. The minimum atomic E-state index is -0.0494. The molecule has 0 N–H and O–H groups in total. The predicted octanol–water partition coefficient (Wildman–Crippen LogP) is 3.17. The van der Waals surface area contributed by atoms with Crippen LogP contribution in [0.4, 0.5) is 4.79 Å². The van der Waals surface area contributed by atoms with E-state index in [9.17, 15) is 4.79 Å². The van der Waals surface area contributed by atoms with Crippen molar-refractivity contribution < 1.29 is 9.63 Å². The zero-order valence-corrected chi connectivity index (χ0v) is 14.4. The summed E-state index contributed by atoms with van der Waals surface area (Å²) in [4.78, 5) is 20.5. The number of carbonyl (C=O) groups is 1. The molecule has 0 spiro atoms. The molecule has 24 heavy (non-hydrogen) atoms. The van der Waals surface area contributed by atoms with Gasteiger partial charge in [-0.1, -0.05) is 48.6 Å². The second-order valence-electron chi connectivity index (χ2n) is 6.15. The standard InChI is InChI=1S/C17H20N4O2S/c1-2-15-18-19-16(24-15)14-9-8-13-10-20(14)17(22)21(13)23-11-12-6-4-3-5-7-12/h3-7,13-14H,2,8-11H2,1H3/t13-,14+/m1/s1. The van der Waals surface area contributed by atoms with Gasteiger partial charge in [0.1, 0.15) is 16.6 Å². The van der Waals surface area contributed by atoms with E-state index in [-0.39, 0.29) is 18.1 Å². The van der Waals surface area contributed by atoms with E-state index in [2.05, 4.69) is 17.1 Å². The summed E-state index contributed by atoms with van der Waals surface area (Å²) in [6, 6.07) is 10.1. The van der Waals surface area contributed by atoms with Gasteiger partial charge in [0.25, 0.3) is 0 Å². The van der Waals surface area contributed by atoms with Crippen LogP contribution in [0.2, 0.25) is 0 Å². The molecular weight excluding hydrogens is 324 g/mol. The SMILES string of the molecule is CCc1nnc([C@@H]2CC[C@@H]3CN2C(=O)N3OCc2ccccc2)s1. The molecule has 1 aromatic heterocycles. The smallest absolute Gasteiger partial charge is 0.311 e. The molecule has 6 nitrogen and oxygen atoms in total. The number of amides is 2. The highest BCUT2D eigenvalue weighted by Crippen LogP contribution is 2.39. The fourth-order valence-corrected chi connectivity index (χ4v) is 4.25. The minimum Gasteiger partial charge on any atom is -0.311 e. The molecule has 3 heterocycles. The molecule has 2 bridgehead atoms. The van der Waals surface area contributed by atoms with Crippen molar-refractivity contribution in [1.82, 2.24) is 20.2 Å². The van der Waals surface area contributed by atoms with Gasteiger partial charge in [-0.15, -0.1) is 10.2 Å². The first-order chi connectivity index (χ1) is 11.8. The molecule has 126 valence electrons. The summed E-state index contributed by atoms with van der Waals surface area (Å²) in [5, 5.41) is 12.0. The summed E-state index contributed by atoms with van der Waals surface area (Å²) in [5.74, 6) is 0. The van der Waals surface area contributed by atoms with Gasteiger partial charge in [0.15, 0.2) is 0 Å². The molecule has 0 radical (unpaired) electrons. The highest BCUT2D eigenvalue weighted by Gasteiger charge is 2.47. The third-order valence-corrected chi connectivity index (χ3v) is 5.77. The van der Waals surface area contributed by atoms with Crippen molar-refractivity contribution in [2.45, 2.75) is 44.9 Å². The second kappa shape index (κ2) is 6.49. The van der Waals surface area contributed by atoms with Crippen LogP contribution in [-0.2, 0) is 17.9 Å². The number of nitrogens with zero attached hydrogens (tertiary/aromatic N) is 4. The highest BCUT2D eigenvalue weighted by molar-refractivity contribution is 7.11. The molecule has 2 fully saturated rings. The van der Waals surface area contributed by atoms with Crippen LogP contribution in [0.5, 0.6) is 0 Å². The average molecular weight is 344 g/mol. The molecule has 2 saturated heterocycles. The van der Waals surface area contributed by atoms with Crippen LogP contribution in [0, 0.1) is 0 Å². The van der Waals surface area contributed by atoms with Crippen molar-refractivity contribution in [2.24, 2.45) is 0 Å². The van der Waals surface area contributed by atoms with E-state index in [1.54, 1.807) is 16.4 Å². The number of aromatic nitrogens is 2. The molecule has 2 aromatic rings. The number of aryl methyl sites for hydroxylation is 1. The first kappa shape index (κ1) is 15.5. The number of urea groups is 1. The molecular formula is C17H20N4O2S. The molecule has 0 aliphatic carbocycles. The molecule has 4 rings (SSSR count). The zero-order valence-electron chi connectivity index (χ0n) is 13.6. The average Bonchev–Trinajstić information content (AvgIpc) is 3.19. The Balaban J connectivity index is 1.46. The fraction of sp³-hybridized carbons (Fsp3) is 0.471. The number of rotatable bonds is 5. The monoisotopic (exact) mass is 344 g/mol. The maximum Gasteiger partial charge on any atom is 0.344 e. The summed E-state index contributed by atoms with van der Waals surface area (Å²) in [5.41, 5.74) is 1.06. The lowest BCUT2D eigenvalue weighted by atomic mass is 10.0. The summed E-state index contributed by atoms with van der Waals surface area (Å²) >= 11 is 1.62. The van der Waals surface area contributed by atoms with Gasteiger partial charge in [-0.3, -0.25) is 4.84 Å². The maximum atomic E-state index is 12.8. The van der Waals surface area contributed by atoms with E-state index < -0.39 is 0 Å². The van der Waals surface area contributed by atoms with Gasteiger partial charge < -0.3 is 4.90 Å². The largest absolute Gasteiger partial charge is 0.344 e. The lowest BCUT2D eigenvalue weighted by Crippen LogP contribution is -2.33. The topological polar surface area (TPSA) is 58.6 Å². The molecule has 2 amide bonds. The Labute approximate surface area is 145 Å². The number of carbonyl (C=O) groups excluding carboxylic acids is 1. The van der Waals surface area contributed by atoms with Crippen molar-refractivity contribution in [2.75, 3.05) is 6.54 Å². The Hall–Kier alpha value is -1.99. The van der Waals surface area contributed by atoms with Crippen molar-refractivity contribution >= 4 is 17.4 Å². The van der Waals surface area contributed by atoms with Crippen LogP contribution >= 0.6 is 11.3 Å². The molecule has 1 aromatic carbocycles. The number of benzene rings is 1. The molecule has 2 atom stereocenters. The number of hydroxylamine groups is 2. The predicted molar refractivity (Wildman–Crippen MR) is 90.2 cm³/mol. The van der Waals surface area contributed by atoms with Gasteiger partial charge in [-0.2, -0.15) is 5.06 Å². The quantitative estimate of drug-likeness (QED) is 0.836. The van der Waals surface area contributed by atoms with E-state index in [1.165, 1.54) is 0 Å². The maximum absolute atomic E-state index is 12.8. The zero-order chi connectivity index (χ0) is 16.5. The van der Waals surface area contributed by atoms with Gasteiger partial charge in [-0.25, -0.2) is 4.79 Å². The van der Waals surface area contributed by atoms with E-state index in [4.69, 9.17) is 4.84 Å². The van der Waals surface area contributed by atoms with Gasteiger partial charge in [0.05, 0.1) is 12.1 Å². The Morgan fingerprint density at radius 1 is 1.25 bits per heavy atom. The summed E-state index contributed by atoms with van der Waals surface area (Å²) in [7, 11) is 0. The molecule has 2 aliphatic rings. The van der Waals surface area contributed by atoms with Crippen LogP contribution in [0.15, 0.2) is 30.3 Å². The number of fused-ring (bicyclic) bond motifs is 2. The molecule has 0 saturated carbocycles. The van der Waals surface area contributed by atoms with E-state index in [0.717, 1.165) is 34.8 Å². The van der Waals surface area contributed by atoms with Crippen molar-refractivity contribution in [3.8, 4) is 0 Å². The van der Waals surface area contributed by atoms with Crippen LogP contribution in [0.3, 0.4) is 0 Å². The first-order valence-corrected chi connectivity index (χ1v) is 9.17. The van der Waals surface area contributed by atoms with Gasteiger partial charge in [0, 0.05) is 6.54 Å². The number of piperidine rings is 1. The van der Waals surface area contributed by atoms with Gasteiger partial charge in [-0.05, 0) is 24.8 Å². The Morgan fingerprint density at radius 3 is 2.83 bits per heavy atom. The van der Waals surface area contributed by atoms with Crippen LogP contribution in [0.1, 0.15) is 41.4 Å². The number of hydrogen-bond donors (Lipinski definition) is 0. The van der Waals surface area contributed by atoms with Crippen molar-refractivity contribution in [3.63, 3.8) is 0 Å². The van der Waals surface area contributed by atoms with E-state index >= 15 is 0 Å². The van der Waals surface area contributed by atoms with Gasteiger partial charge in [0.2, 0.25) is 0 Å². The minimum absolute atomic E-state index is 0.0388. The second-order valence-corrected chi connectivity index (χ2v) is 7.25. The van der Waals surface area contributed by atoms with Crippen molar-refractivity contribution in [3.05, 3.63) is 45.9 Å². The van der Waals surface area contributed by atoms with Crippen LogP contribution < -0.4 is 0 Å². The van der Waals surface area contributed by atoms with E-state index in [1.807, 2.05) is 35.2 Å². The van der Waals surface area contributed by atoms with Gasteiger partial charge >= 0.3 is 6.03 Å². The van der Waals surface area contributed by atoms with E-state index in [0.29, 0.717) is 13.2 Å². The fourth-order valence-electron chi connectivity index (χ4n) is 3.32. The van der Waals surface area contributed by atoms with Crippen LogP contribution in [0.25, 0.3) is 0 Å². The Morgan fingerprint density at radius 2 is 2.08 bits per heavy atom. The summed E-state index contributed by atoms with van der Waals surface area (Å²) < 4.78 is 0. The lowest BCUT2D eigenvalue weighted by molar-refractivity contribution is -0.140. The van der Waals surface area contributed by atoms with Crippen molar-refractivity contribution in [1.29, 1.82) is 0 Å².